The minimum Gasteiger partial charge on any atom is -0.744 e. The Balaban J connectivity index is -0.0000000538. The van der Waals surface area contributed by atoms with E-state index in [1.54, 1.807) is 24.3 Å². The van der Waals surface area contributed by atoms with E-state index in [-0.39, 0.29) is 59.1 Å². The van der Waals surface area contributed by atoms with E-state index in [1.807, 2.05) is 13.8 Å². The van der Waals surface area contributed by atoms with Crippen LogP contribution in [0.25, 0.3) is 0 Å². The van der Waals surface area contributed by atoms with Gasteiger partial charge in [-0.3, -0.25) is 0 Å². The molecule has 0 aliphatic carbocycles. The van der Waals surface area contributed by atoms with Crippen LogP contribution in [0.3, 0.4) is 0 Å². The second kappa shape index (κ2) is 18.5. The maximum Gasteiger partial charge on any atom is 2.00 e. The molecule has 2 aromatic rings. The first-order chi connectivity index (χ1) is 10.00. The van der Waals surface area contributed by atoms with Crippen LogP contribution in [0, 0.1) is 13.8 Å². The van der Waals surface area contributed by atoms with E-state index in [9.17, 15) is 25.9 Å². The quantitative estimate of drug-likeness (QED) is 0.219. The van der Waals surface area contributed by atoms with Crippen molar-refractivity contribution in [3.05, 3.63) is 59.7 Å². The summed E-state index contributed by atoms with van der Waals surface area (Å²) >= 11 is 0. The fraction of sp³-hybridized carbons (Fsp3) is 0.143. The molecule has 29 heavy (non-hydrogen) atoms. The van der Waals surface area contributed by atoms with Gasteiger partial charge in [0.15, 0.2) is 0 Å². The van der Waals surface area contributed by atoms with Crippen LogP contribution < -0.4 is 0 Å². The molecule has 0 unspecified atom stereocenters. The average molecular weight is 515 g/mol. The van der Waals surface area contributed by atoms with E-state index >= 15 is 0 Å². The molecular formula is C14H32NiO12S2+6. The molecule has 12 nitrogen and oxygen atoms in total. The molecule has 0 saturated heterocycles. The number of hydrogen-bond donors (Lipinski definition) is 0. The van der Waals surface area contributed by atoms with Gasteiger partial charge in [-0.15, -0.1) is 0 Å². The zero-order chi connectivity index (χ0) is 17.0. The van der Waals surface area contributed by atoms with Gasteiger partial charge < -0.3 is 42.0 Å². The monoisotopic (exact) mass is 514 g/mol. The molecule has 0 saturated carbocycles. The van der Waals surface area contributed by atoms with Gasteiger partial charge in [-0.25, -0.2) is 16.8 Å². The van der Waals surface area contributed by atoms with Gasteiger partial charge in [0.2, 0.25) is 0 Å². The molecule has 0 amide bonds. The van der Waals surface area contributed by atoms with Crippen LogP contribution in [-0.2, 0) is 69.6 Å². The molecule has 0 radical (unpaired) electrons. The predicted octanol–water partition coefficient (Wildman–Crippen LogP) is -3.74. The van der Waals surface area contributed by atoms with E-state index < -0.39 is 20.2 Å². The van der Waals surface area contributed by atoms with Crippen molar-refractivity contribution < 1.29 is 75.3 Å². The summed E-state index contributed by atoms with van der Waals surface area (Å²) in [5.74, 6) is 0. The molecule has 18 N–H and O–H groups in total. The molecule has 0 aromatic heterocycles. The first-order valence-corrected chi connectivity index (χ1v) is 8.87. The summed E-state index contributed by atoms with van der Waals surface area (Å²) in [5.41, 5.74) is 1.86. The van der Waals surface area contributed by atoms with Gasteiger partial charge in [-0.05, 0) is 38.1 Å². The summed E-state index contributed by atoms with van der Waals surface area (Å²) in [6.07, 6.45) is 0. The third-order valence-electron chi connectivity index (χ3n) is 2.62. The molecule has 0 aliphatic heterocycles. The zero-order valence-electron chi connectivity index (χ0n) is 15.7. The Labute approximate surface area is 178 Å². The van der Waals surface area contributed by atoms with E-state index in [4.69, 9.17) is 0 Å². The van der Waals surface area contributed by atoms with Crippen molar-refractivity contribution in [3.8, 4) is 0 Å². The molecule has 0 spiro atoms. The molecular weight excluding hydrogens is 483 g/mol. The average Bonchev–Trinajstić information content (AvgIpc) is 2.38. The predicted molar refractivity (Wildman–Crippen MR) is 108 cm³/mol. The number of rotatable bonds is 2. The molecule has 0 aliphatic rings. The first-order valence-electron chi connectivity index (χ1n) is 6.05. The maximum atomic E-state index is 10.4. The van der Waals surface area contributed by atoms with E-state index in [0.717, 1.165) is 11.1 Å². The van der Waals surface area contributed by atoms with Crippen molar-refractivity contribution in [2.24, 2.45) is 0 Å². The van der Waals surface area contributed by atoms with Crippen molar-refractivity contribution >= 4 is 20.2 Å². The topological polar surface area (TPSA) is 312 Å². The second-order valence-corrected chi connectivity index (χ2v) is 7.29. The van der Waals surface area contributed by atoms with Gasteiger partial charge in [0, 0.05) is 0 Å². The Bertz CT molecular complexity index is 762. The van der Waals surface area contributed by atoms with E-state index in [2.05, 4.69) is 0 Å². The normalized spacial score (nSPS) is 8.69. The van der Waals surface area contributed by atoms with Gasteiger partial charge in [-0.2, -0.15) is 0 Å². The van der Waals surface area contributed by atoms with Gasteiger partial charge in [0.05, 0.1) is 9.79 Å². The Morgan fingerprint density at radius 1 is 0.517 bits per heavy atom. The maximum absolute atomic E-state index is 10.4. The molecule has 0 heterocycles. The summed E-state index contributed by atoms with van der Waals surface area (Å²) in [7, 11) is -8.54. The summed E-state index contributed by atoms with van der Waals surface area (Å²) in [5, 5.41) is 0. The summed E-state index contributed by atoms with van der Waals surface area (Å²) in [6.45, 7) is 3.64. The van der Waals surface area contributed by atoms with Gasteiger partial charge in [0.25, 0.3) is 0 Å². The smallest absolute Gasteiger partial charge is 0.744 e. The minimum atomic E-state index is -4.27. The Kier molecular flexibility index (Phi) is 29.4. The number of benzene rings is 2. The van der Waals surface area contributed by atoms with Crippen LogP contribution in [0.5, 0.6) is 0 Å². The number of aryl methyl sites for hydroxylation is 2. The standard InChI is InChI=1S/2C7H8O3S.Ni.6H2O/c2*1-6-2-4-7(5-3-6)11(8,9)10;;;;;;;/h2*2-5H,1H3,(H,8,9,10);;6*1H2/q;;+2;;;;;;/p+4. The third-order valence-corrected chi connectivity index (χ3v) is 4.32. The van der Waals surface area contributed by atoms with Crippen molar-refractivity contribution in [3.63, 3.8) is 0 Å². The second-order valence-electron chi connectivity index (χ2n) is 4.53. The number of hydrogen-bond acceptors (Lipinski definition) is 6. The van der Waals surface area contributed by atoms with Crippen LogP contribution in [0.4, 0.5) is 0 Å². The van der Waals surface area contributed by atoms with E-state index in [1.165, 1.54) is 24.3 Å². The fourth-order valence-electron chi connectivity index (χ4n) is 1.41. The van der Waals surface area contributed by atoms with Crippen LogP contribution in [0.15, 0.2) is 58.3 Å². The third kappa shape index (κ3) is 17.1. The summed E-state index contributed by atoms with van der Waals surface area (Å²) in [4.78, 5) is -0.355. The summed E-state index contributed by atoms with van der Waals surface area (Å²) in [6, 6.07) is 11.6. The Hall–Kier alpha value is -1.49. The minimum absolute atomic E-state index is 0. The van der Waals surface area contributed by atoms with Crippen LogP contribution in [-0.4, -0.2) is 25.9 Å². The van der Waals surface area contributed by atoms with Gasteiger partial charge in [-0.1, -0.05) is 35.4 Å². The van der Waals surface area contributed by atoms with Crippen molar-refractivity contribution in [1.82, 2.24) is 0 Å². The Morgan fingerprint density at radius 2 is 0.690 bits per heavy atom. The van der Waals surface area contributed by atoms with Crippen LogP contribution in [0.1, 0.15) is 11.1 Å². The van der Waals surface area contributed by atoms with Crippen LogP contribution >= 0.6 is 0 Å². The molecule has 2 rings (SSSR count). The molecule has 0 bridgehead atoms. The van der Waals surface area contributed by atoms with Crippen molar-refractivity contribution in [1.29, 1.82) is 0 Å². The van der Waals surface area contributed by atoms with Crippen molar-refractivity contribution in [2.45, 2.75) is 23.6 Å². The van der Waals surface area contributed by atoms with Gasteiger partial charge >= 0.3 is 16.5 Å². The molecule has 15 heteroatoms. The Morgan fingerprint density at radius 3 is 0.828 bits per heavy atom. The largest absolute Gasteiger partial charge is 2.00 e. The molecule has 0 atom stereocenters. The van der Waals surface area contributed by atoms with Crippen LogP contribution in [0.2, 0.25) is 0 Å². The van der Waals surface area contributed by atoms with E-state index in [0.29, 0.717) is 0 Å². The fourth-order valence-corrected chi connectivity index (χ4v) is 2.35. The van der Waals surface area contributed by atoms with Gasteiger partial charge in [0.1, 0.15) is 20.2 Å². The molecule has 2 aromatic carbocycles. The SMILES string of the molecule is Cc1ccc(S(=O)(=O)[O-])cc1.Cc1ccc(S(=O)(=O)[O-])cc1.[Ni+2].[OH3+].[OH3+].[OH3+].[OH3+].[OH3+].[OH3+]. The molecule has 0 fully saturated rings. The summed E-state index contributed by atoms with van der Waals surface area (Å²) < 4.78 is 62.3. The zero-order valence-corrected chi connectivity index (χ0v) is 18.3. The first kappa shape index (κ1) is 46.0. The molecule has 176 valence electrons. The van der Waals surface area contributed by atoms with Crippen molar-refractivity contribution in [2.75, 3.05) is 0 Å².